The summed E-state index contributed by atoms with van der Waals surface area (Å²) in [5, 5.41) is 9.11. The highest BCUT2D eigenvalue weighted by Gasteiger charge is 2.19. The molecule has 9 rings (SSSR count). The number of hydrogen-bond acceptors (Lipinski definition) is 2. The van der Waals surface area contributed by atoms with Gasteiger partial charge in [0.15, 0.2) is 0 Å². The van der Waals surface area contributed by atoms with Crippen molar-refractivity contribution in [2.24, 2.45) is 0 Å². The standard InChI is InChI=1S/C41H26N2O/c1-2-13-28(14-3-1)43-38-20-9-8-16-31(38)36-25-29(21-22-39(36)43)44-41-34-18-7-6-17-33(34)40(37-26-42-24-23-35(37)41)32-19-10-12-27-11-4-5-15-30(27)32/h1-26H. The van der Waals surface area contributed by atoms with Gasteiger partial charge in [-0.1, -0.05) is 103 Å². The van der Waals surface area contributed by atoms with Crippen molar-refractivity contribution in [3.8, 4) is 28.3 Å². The number of benzene rings is 7. The molecule has 206 valence electrons. The average molecular weight is 563 g/mol. The smallest absolute Gasteiger partial charge is 0.143 e. The van der Waals surface area contributed by atoms with E-state index in [0.717, 1.165) is 49.6 Å². The Morgan fingerprint density at radius 1 is 0.477 bits per heavy atom. The minimum atomic E-state index is 0.801. The van der Waals surface area contributed by atoms with E-state index in [1.807, 2.05) is 12.4 Å². The lowest BCUT2D eigenvalue weighted by Crippen LogP contribution is -1.94. The van der Waals surface area contributed by atoms with Gasteiger partial charge in [-0.3, -0.25) is 4.98 Å². The van der Waals surface area contributed by atoms with Crippen LogP contribution in [0.2, 0.25) is 0 Å². The molecule has 0 aliphatic carbocycles. The summed E-state index contributed by atoms with van der Waals surface area (Å²) in [4.78, 5) is 4.58. The molecule has 0 fully saturated rings. The second kappa shape index (κ2) is 9.82. The summed E-state index contributed by atoms with van der Waals surface area (Å²) in [6, 6.07) is 51.3. The third kappa shape index (κ3) is 3.73. The van der Waals surface area contributed by atoms with Crippen LogP contribution in [0.15, 0.2) is 158 Å². The number of para-hydroxylation sites is 2. The van der Waals surface area contributed by atoms with E-state index >= 15 is 0 Å². The first-order valence-electron chi connectivity index (χ1n) is 14.9. The van der Waals surface area contributed by atoms with E-state index in [0.29, 0.717) is 0 Å². The van der Waals surface area contributed by atoms with Gasteiger partial charge in [-0.05, 0) is 69.8 Å². The highest BCUT2D eigenvalue weighted by atomic mass is 16.5. The Bertz CT molecular complexity index is 2470. The molecular weight excluding hydrogens is 536 g/mol. The van der Waals surface area contributed by atoms with Gasteiger partial charge in [0.25, 0.3) is 0 Å². The third-order valence-electron chi connectivity index (χ3n) is 8.71. The number of nitrogens with zero attached hydrogens (tertiary/aromatic N) is 2. The maximum Gasteiger partial charge on any atom is 0.143 e. The van der Waals surface area contributed by atoms with E-state index in [4.69, 9.17) is 4.74 Å². The zero-order valence-electron chi connectivity index (χ0n) is 23.8. The summed E-state index contributed by atoms with van der Waals surface area (Å²) in [5.74, 6) is 1.64. The second-order valence-corrected chi connectivity index (χ2v) is 11.2. The van der Waals surface area contributed by atoms with Crippen molar-refractivity contribution >= 4 is 54.1 Å². The molecule has 0 spiro atoms. The zero-order valence-corrected chi connectivity index (χ0v) is 23.8. The lowest BCUT2D eigenvalue weighted by molar-refractivity contribution is 0.494. The van der Waals surface area contributed by atoms with Crippen molar-refractivity contribution in [1.29, 1.82) is 0 Å². The Labute approximate surface area is 254 Å². The molecule has 3 nitrogen and oxygen atoms in total. The van der Waals surface area contributed by atoms with Crippen LogP contribution in [0.25, 0.3) is 70.9 Å². The normalized spacial score (nSPS) is 11.6. The molecule has 0 bridgehead atoms. The van der Waals surface area contributed by atoms with E-state index in [1.54, 1.807) is 0 Å². The van der Waals surface area contributed by atoms with Gasteiger partial charge in [0.1, 0.15) is 11.5 Å². The largest absolute Gasteiger partial charge is 0.456 e. The maximum absolute atomic E-state index is 6.92. The summed E-state index contributed by atoms with van der Waals surface area (Å²) in [5.41, 5.74) is 5.83. The quantitative estimate of drug-likeness (QED) is 0.200. The highest BCUT2D eigenvalue weighted by Crippen LogP contribution is 2.46. The summed E-state index contributed by atoms with van der Waals surface area (Å²) in [6.07, 6.45) is 3.83. The van der Waals surface area contributed by atoms with Crippen LogP contribution in [-0.2, 0) is 0 Å². The Kier molecular flexibility index (Phi) is 5.50. The molecule has 0 atom stereocenters. The van der Waals surface area contributed by atoms with Gasteiger partial charge in [0.2, 0.25) is 0 Å². The Balaban J connectivity index is 1.28. The molecule has 7 aromatic carbocycles. The molecule has 0 aliphatic heterocycles. The minimum absolute atomic E-state index is 0.801. The molecule has 0 saturated heterocycles. The van der Waals surface area contributed by atoms with Crippen molar-refractivity contribution in [3.05, 3.63) is 158 Å². The Morgan fingerprint density at radius 2 is 1.16 bits per heavy atom. The van der Waals surface area contributed by atoms with Crippen molar-refractivity contribution in [3.63, 3.8) is 0 Å². The molecule has 0 aliphatic rings. The van der Waals surface area contributed by atoms with E-state index in [9.17, 15) is 0 Å². The molecular formula is C41H26N2O. The molecule has 0 N–H and O–H groups in total. The van der Waals surface area contributed by atoms with E-state index < -0.39 is 0 Å². The topological polar surface area (TPSA) is 27.1 Å². The number of pyridine rings is 1. The molecule has 44 heavy (non-hydrogen) atoms. The number of rotatable bonds is 4. The van der Waals surface area contributed by atoms with E-state index in [2.05, 4.69) is 155 Å². The highest BCUT2D eigenvalue weighted by molar-refractivity contribution is 6.20. The first-order chi connectivity index (χ1) is 21.8. The molecule has 2 heterocycles. The van der Waals surface area contributed by atoms with Crippen LogP contribution in [0.1, 0.15) is 0 Å². The summed E-state index contributed by atoms with van der Waals surface area (Å²) in [6.45, 7) is 0. The van der Waals surface area contributed by atoms with E-state index in [-0.39, 0.29) is 0 Å². The second-order valence-electron chi connectivity index (χ2n) is 11.2. The van der Waals surface area contributed by atoms with Crippen molar-refractivity contribution in [2.45, 2.75) is 0 Å². The fraction of sp³-hybridized carbons (Fsp3) is 0. The molecule has 9 aromatic rings. The summed E-state index contributed by atoms with van der Waals surface area (Å²) < 4.78 is 9.24. The fourth-order valence-electron chi connectivity index (χ4n) is 6.81. The van der Waals surface area contributed by atoms with Crippen LogP contribution in [0.4, 0.5) is 0 Å². The Morgan fingerprint density at radius 3 is 2.05 bits per heavy atom. The monoisotopic (exact) mass is 562 g/mol. The minimum Gasteiger partial charge on any atom is -0.456 e. The van der Waals surface area contributed by atoms with Crippen LogP contribution in [0.5, 0.6) is 11.5 Å². The number of ether oxygens (including phenoxy) is 1. The van der Waals surface area contributed by atoms with Gasteiger partial charge < -0.3 is 9.30 Å². The van der Waals surface area contributed by atoms with Crippen molar-refractivity contribution < 1.29 is 4.74 Å². The van der Waals surface area contributed by atoms with Crippen molar-refractivity contribution in [1.82, 2.24) is 9.55 Å². The molecule has 0 saturated carbocycles. The lowest BCUT2D eigenvalue weighted by atomic mass is 9.89. The molecule has 0 amide bonds. The van der Waals surface area contributed by atoms with Crippen LogP contribution in [0.3, 0.4) is 0 Å². The van der Waals surface area contributed by atoms with Gasteiger partial charge in [-0.15, -0.1) is 0 Å². The molecule has 3 heteroatoms. The summed E-state index contributed by atoms with van der Waals surface area (Å²) >= 11 is 0. The Hall–Kier alpha value is -5.93. The van der Waals surface area contributed by atoms with Gasteiger partial charge in [0.05, 0.1) is 11.0 Å². The zero-order chi connectivity index (χ0) is 29.0. The number of aromatic nitrogens is 2. The lowest BCUT2D eigenvalue weighted by Gasteiger charge is -2.18. The third-order valence-corrected chi connectivity index (χ3v) is 8.71. The maximum atomic E-state index is 6.92. The average Bonchev–Trinajstić information content (AvgIpc) is 3.42. The van der Waals surface area contributed by atoms with Crippen LogP contribution >= 0.6 is 0 Å². The first-order valence-corrected chi connectivity index (χ1v) is 14.9. The van der Waals surface area contributed by atoms with E-state index in [1.165, 1.54) is 32.8 Å². The number of fused-ring (bicyclic) bond motifs is 6. The first kappa shape index (κ1) is 24.6. The molecule has 0 unspecified atom stereocenters. The van der Waals surface area contributed by atoms with Gasteiger partial charge in [-0.25, -0.2) is 0 Å². The fourth-order valence-corrected chi connectivity index (χ4v) is 6.81. The van der Waals surface area contributed by atoms with Crippen LogP contribution in [0, 0.1) is 0 Å². The van der Waals surface area contributed by atoms with Crippen LogP contribution in [-0.4, -0.2) is 9.55 Å². The molecule has 2 aromatic heterocycles. The predicted octanol–water partition coefficient (Wildman–Crippen LogP) is 11.1. The van der Waals surface area contributed by atoms with Crippen molar-refractivity contribution in [2.75, 3.05) is 0 Å². The van der Waals surface area contributed by atoms with Crippen LogP contribution < -0.4 is 4.74 Å². The summed E-state index contributed by atoms with van der Waals surface area (Å²) in [7, 11) is 0. The van der Waals surface area contributed by atoms with Gasteiger partial charge in [-0.2, -0.15) is 0 Å². The SMILES string of the molecule is c1ccc(-n2c3ccccc3c3cc(Oc4c5ccccc5c(-c5cccc6ccccc56)c5cnccc45)ccc32)cc1. The van der Waals surface area contributed by atoms with Gasteiger partial charge in [0, 0.05) is 45.0 Å². The number of hydrogen-bond donors (Lipinski definition) is 0. The van der Waals surface area contributed by atoms with Gasteiger partial charge >= 0.3 is 0 Å². The molecule has 0 radical (unpaired) electrons. The predicted molar refractivity (Wildman–Crippen MR) is 183 cm³/mol.